The highest BCUT2D eigenvalue weighted by Gasteiger charge is 2.14. The Morgan fingerprint density at radius 3 is 1.17 bits per heavy atom. The van der Waals surface area contributed by atoms with Crippen LogP contribution in [0, 0.1) is 0 Å². The highest BCUT2D eigenvalue weighted by atomic mass is 35.5. The van der Waals surface area contributed by atoms with Crippen LogP contribution in [-0.4, -0.2) is 0 Å². The van der Waals surface area contributed by atoms with E-state index in [1.807, 2.05) is 0 Å². The first kappa shape index (κ1) is 21.3. The summed E-state index contributed by atoms with van der Waals surface area (Å²) in [4.78, 5) is 0. The van der Waals surface area contributed by atoms with Crippen LogP contribution >= 0.6 is 19.5 Å². The summed E-state index contributed by atoms with van der Waals surface area (Å²) in [5.41, 5.74) is 2.56. The van der Waals surface area contributed by atoms with Gasteiger partial charge in [-0.1, -0.05) is 122 Å². The van der Waals surface area contributed by atoms with Gasteiger partial charge < -0.3 is 0 Å². The first-order chi connectivity index (χ1) is 14.3. The normalized spacial score (nSPS) is 10.3. The first-order valence-electron chi connectivity index (χ1n) is 9.91. The molecule has 0 aliphatic carbocycles. The van der Waals surface area contributed by atoms with Crippen LogP contribution in [0.2, 0.25) is 0 Å². The van der Waals surface area contributed by atoms with Gasteiger partial charge in [0.1, 0.15) is 0 Å². The summed E-state index contributed by atoms with van der Waals surface area (Å²) in [5, 5.41) is 4.19. The lowest BCUT2D eigenvalue weighted by Crippen LogP contribution is -2.20. The van der Waals surface area contributed by atoms with Crippen molar-refractivity contribution in [3.05, 3.63) is 126 Å². The van der Waals surface area contributed by atoms with Gasteiger partial charge in [0.25, 0.3) is 0 Å². The van der Waals surface area contributed by atoms with Crippen LogP contribution in [0.4, 0.5) is 0 Å². The van der Waals surface area contributed by atoms with E-state index in [1.54, 1.807) is 0 Å². The average molecular weight is 417 g/mol. The van der Waals surface area contributed by atoms with E-state index in [4.69, 9.17) is 11.6 Å². The SMILES string of the molecule is CCc1ccc(CCl)cc1.c1ccc(P(c2ccccc2)c2ccccc2)cc1. The second kappa shape index (κ2) is 11.6. The Kier molecular flexibility index (Phi) is 8.50. The van der Waals surface area contributed by atoms with E-state index in [-0.39, 0.29) is 0 Å². The van der Waals surface area contributed by atoms with Crippen LogP contribution in [-0.2, 0) is 12.3 Å². The van der Waals surface area contributed by atoms with Gasteiger partial charge in [-0.25, -0.2) is 0 Å². The zero-order chi connectivity index (χ0) is 20.3. The van der Waals surface area contributed by atoms with Crippen molar-refractivity contribution in [2.45, 2.75) is 19.2 Å². The smallest absolute Gasteiger partial charge is 0.0474 e. The molecule has 0 unspecified atom stereocenters. The van der Waals surface area contributed by atoms with Crippen LogP contribution in [0.1, 0.15) is 18.1 Å². The van der Waals surface area contributed by atoms with Gasteiger partial charge in [0, 0.05) is 5.88 Å². The van der Waals surface area contributed by atoms with Gasteiger partial charge >= 0.3 is 0 Å². The fraction of sp³-hybridized carbons (Fsp3) is 0.111. The van der Waals surface area contributed by atoms with Gasteiger partial charge in [-0.05, 0) is 41.4 Å². The number of rotatable bonds is 5. The molecule has 0 bridgehead atoms. The molecule has 0 nitrogen and oxygen atoms in total. The Labute approximate surface area is 181 Å². The Hall–Kier alpha value is -2.40. The van der Waals surface area contributed by atoms with E-state index < -0.39 is 7.92 Å². The predicted octanol–water partition coefficient (Wildman–Crippen LogP) is 6.43. The van der Waals surface area contributed by atoms with E-state index in [0.29, 0.717) is 5.88 Å². The summed E-state index contributed by atoms with van der Waals surface area (Å²) in [6, 6.07) is 40.7. The number of aryl methyl sites for hydroxylation is 1. The zero-order valence-electron chi connectivity index (χ0n) is 16.7. The molecule has 4 aromatic rings. The molecule has 0 aliphatic heterocycles. The number of benzene rings is 4. The zero-order valence-corrected chi connectivity index (χ0v) is 18.4. The molecule has 0 amide bonds. The van der Waals surface area contributed by atoms with Gasteiger partial charge in [0.15, 0.2) is 0 Å². The Morgan fingerprint density at radius 2 is 0.862 bits per heavy atom. The second-order valence-corrected chi connectivity index (χ2v) is 9.13. The molecule has 0 heterocycles. The van der Waals surface area contributed by atoms with Crippen molar-refractivity contribution in [1.29, 1.82) is 0 Å². The fourth-order valence-electron chi connectivity index (χ4n) is 3.04. The van der Waals surface area contributed by atoms with Gasteiger partial charge in [0.05, 0.1) is 0 Å². The van der Waals surface area contributed by atoms with Crippen molar-refractivity contribution in [1.82, 2.24) is 0 Å². The third-order valence-electron chi connectivity index (χ3n) is 4.63. The van der Waals surface area contributed by atoms with Gasteiger partial charge in [0.2, 0.25) is 0 Å². The summed E-state index contributed by atoms with van der Waals surface area (Å²) < 4.78 is 0. The number of hydrogen-bond donors (Lipinski definition) is 0. The molecular weight excluding hydrogens is 391 g/mol. The highest BCUT2D eigenvalue weighted by Crippen LogP contribution is 2.32. The maximum atomic E-state index is 5.62. The molecule has 0 saturated heterocycles. The maximum Gasteiger partial charge on any atom is 0.0474 e. The molecule has 4 rings (SSSR count). The Morgan fingerprint density at radius 1 is 0.517 bits per heavy atom. The van der Waals surface area contributed by atoms with E-state index in [0.717, 1.165) is 6.42 Å². The summed E-state index contributed by atoms with van der Waals surface area (Å²) in [7, 11) is -0.446. The van der Waals surface area contributed by atoms with E-state index in [1.165, 1.54) is 27.0 Å². The molecule has 4 aromatic carbocycles. The largest absolute Gasteiger partial charge is 0.122 e. The average Bonchev–Trinajstić information content (AvgIpc) is 2.82. The minimum atomic E-state index is -0.446. The summed E-state index contributed by atoms with van der Waals surface area (Å²) >= 11 is 5.62. The third kappa shape index (κ3) is 6.29. The van der Waals surface area contributed by atoms with Crippen molar-refractivity contribution in [3.8, 4) is 0 Å². The molecule has 0 N–H and O–H groups in total. The van der Waals surface area contributed by atoms with Gasteiger partial charge in [-0.2, -0.15) is 0 Å². The molecule has 0 saturated carbocycles. The van der Waals surface area contributed by atoms with Gasteiger partial charge in [-0.3, -0.25) is 0 Å². The fourth-order valence-corrected chi connectivity index (χ4v) is 5.53. The molecule has 0 spiro atoms. The number of alkyl halides is 1. The molecule has 0 fully saturated rings. The third-order valence-corrected chi connectivity index (χ3v) is 7.38. The van der Waals surface area contributed by atoms with Crippen LogP contribution in [0.25, 0.3) is 0 Å². The number of hydrogen-bond acceptors (Lipinski definition) is 0. The molecule has 0 aliphatic rings. The van der Waals surface area contributed by atoms with Crippen LogP contribution in [0.15, 0.2) is 115 Å². The van der Waals surface area contributed by atoms with Crippen molar-refractivity contribution >= 4 is 35.4 Å². The molecule has 0 aromatic heterocycles. The van der Waals surface area contributed by atoms with E-state index in [2.05, 4.69) is 122 Å². The minimum Gasteiger partial charge on any atom is -0.122 e. The lowest BCUT2D eigenvalue weighted by molar-refractivity contribution is 1.13. The van der Waals surface area contributed by atoms with Crippen molar-refractivity contribution in [3.63, 3.8) is 0 Å². The van der Waals surface area contributed by atoms with Gasteiger partial charge in [-0.15, -0.1) is 11.6 Å². The van der Waals surface area contributed by atoms with E-state index >= 15 is 0 Å². The molecular formula is C27H26ClP. The molecule has 0 atom stereocenters. The Balaban J connectivity index is 0.000000204. The standard InChI is InChI=1S/C18H15P.C9H11Cl/c1-4-10-16(11-5-1)19(17-12-6-2-7-13-17)18-14-8-3-9-15-18;1-2-8-3-5-9(7-10)6-4-8/h1-15H;3-6H,2,7H2,1H3. The summed E-state index contributed by atoms with van der Waals surface area (Å²) in [6.07, 6.45) is 1.10. The highest BCUT2D eigenvalue weighted by molar-refractivity contribution is 7.79. The van der Waals surface area contributed by atoms with Crippen molar-refractivity contribution in [2.75, 3.05) is 0 Å². The summed E-state index contributed by atoms with van der Waals surface area (Å²) in [5.74, 6) is 0.615. The predicted molar refractivity (Wildman–Crippen MR) is 131 cm³/mol. The number of halogens is 1. The lowest BCUT2D eigenvalue weighted by Gasteiger charge is -2.18. The minimum absolute atomic E-state index is 0.446. The molecule has 29 heavy (non-hydrogen) atoms. The maximum absolute atomic E-state index is 5.62. The first-order valence-corrected chi connectivity index (χ1v) is 11.8. The molecule has 0 radical (unpaired) electrons. The lowest BCUT2D eigenvalue weighted by atomic mass is 10.1. The topological polar surface area (TPSA) is 0 Å². The molecule has 2 heteroatoms. The van der Waals surface area contributed by atoms with Crippen molar-refractivity contribution < 1.29 is 0 Å². The van der Waals surface area contributed by atoms with Crippen LogP contribution < -0.4 is 15.9 Å². The van der Waals surface area contributed by atoms with E-state index in [9.17, 15) is 0 Å². The second-order valence-electron chi connectivity index (χ2n) is 6.65. The van der Waals surface area contributed by atoms with Crippen molar-refractivity contribution in [2.24, 2.45) is 0 Å². The van der Waals surface area contributed by atoms with Crippen LogP contribution in [0.5, 0.6) is 0 Å². The Bertz CT molecular complexity index is 835. The quantitative estimate of drug-likeness (QED) is 0.259. The summed E-state index contributed by atoms with van der Waals surface area (Å²) in [6.45, 7) is 2.15. The molecule has 146 valence electrons. The van der Waals surface area contributed by atoms with Crippen LogP contribution in [0.3, 0.4) is 0 Å². The monoisotopic (exact) mass is 416 g/mol.